The van der Waals surface area contributed by atoms with Gasteiger partial charge in [0.05, 0.1) is 11.0 Å². The van der Waals surface area contributed by atoms with Crippen molar-refractivity contribution in [2.45, 2.75) is 50.6 Å². The molecule has 1 aliphatic heterocycles. The fraction of sp³-hybridized carbons (Fsp3) is 0.571. The van der Waals surface area contributed by atoms with Gasteiger partial charge in [0.2, 0.25) is 12.7 Å². The van der Waals surface area contributed by atoms with Crippen molar-refractivity contribution in [2.75, 3.05) is 6.79 Å². The molecule has 4 bridgehead atoms. The first-order valence-corrected chi connectivity index (χ1v) is 10.2. The molecule has 28 heavy (non-hydrogen) atoms. The minimum Gasteiger partial charge on any atom is -0.454 e. The van der Waals surface area contributed by atoms with E-state index in [4.69, 9.17) is 9.47 Å². The minimum atomic E-state index is -0.271. The predicted molar refractivity (Wildman–Crippen MR) is 99.5 cm³/mol. The van der Waals surface area contributed by atoms with Crippen LogP contribution in [0, 0.1) is 17.3 Å². The maximum Gasteiger partial charge on any atom is 0.231 e. The van der Waals surface area contributed by atoms with E-state index >= 15 is 0 Å². The van der Waals surface area contributed by atoms with Crippen LogP contribution in [0.15, 0.2) is 30.9 Å². The number of rotatable bonds is 4. The van der Waals surface area contributed by atoms with E-state index < -0.39 is 0 Å². The van der Waals surface area contributed by atoms with Crippen LogP contribution < -0.4 is 14.8 Å². The number of nitrogens with one attached hydrogen (secondary N) is 1. The largest absolute Gasteiger partial charge is 0.454 e. The highest BCUT2D eigenvalue weighted by Gasteiger charge is 2.61. The molecule has 4 fully saturated rings. The number of hydrogen-bond donors (Lipinski definition) is 1. The van der Waals surface area contributed by atoms with Crippen LogP contribution in [0.1, 0.15) is 44.1 Å². The van der Waals surface area contributed by atoms with Gasteiger partial charge in [-0.3, -0.25) is 4.79 Å². The zero-order valence-electron chi connectivity index (χ0n) is 15.8. The van der Waals surface area contributed by atoms with Crippen molar-refractivity contribution >= 4 is 5.91 Å². The third-order valence-corrected chi connectivity index (χ3v) is 7.31. The standard InChI is InChI=1S/C21H24N4O3/c26-19(23-9-14-1-2-17-18(4-14)28-13-27-17)20-5-15-3-16(6-20)8-21(7-15,10-20)25-12-22-11-24-25/h1-2,4,11-12,15-16H,3,5-10,13H2,(H,23,26)/t15-,16+,20?,21?. The molecule has 2 heterocycles. The van der Waals surface area contributed by atoms with Gasteiger partial charge in [-0.25, -0.2) is 9.67 Å². The van der Waals surface area contributed by atoms with Gasteiger partial charge in [-0.1, -0.05) is 6.07 Å². The number of benzene rings is 1. The predicted octanol–water partition coefficient (Wildman–Crippen LogP) is 2.62. The van der Waals surface area contributed by atoms with Crippen LogP contribution in [0.4, 0.5) is 0 Å². The molecule has 4 saturated carbocycles. The second kappa shape index (κ2) is 5.72. The van der Waals surface area contributed by atoms with Crippen molar-refractivity contribution in [1.82, 2.24) is 20.1 Å². The van der Waals surface area contributed by atoms with Gasteiger partial charge in [-0.15, -0.1) is 0 Å². The molecule has 1 aromatic heterocycles. The maximum absolute atomic E-state index is 13.4. The Bertz CT molecular complexity index is 912. The van der Waals surface area contributed by atoms with Crippen LogP contribution in [-0.2, 0) is 16.9 Å². The second-order valence-corrected chi connectivity index (χ2v) is 9.18. The average molecular weight is 380 g/mol. The third-order valence-electron chi connectivity index (χ3n) is 7.31. The molecule has 2 unspecified atom stereocenters. The Morgan fingerprint density at radius 1 is 1.18 bits per heavy atom. The van der Waals surface area contributed by atoms with Crippen LogP contribution in [0.2, 0.25) is 0 Å². The molecular formula is C21H24N4O3. The van der Waals surface area contributed by atoms with Crippen LogP contribution in [0.25, 0.3) is 0 Å². The smallest absolute Gasteiger partial charge is 0.231 e. The van der Waals surface area contributed by atoms with Crippen LogP contribution in [-0.4, -0.2) is 27.5 Å². The second-order valence-electron chi connectivity index (χ2n) is 9.18. The average Bonchev–Trinajstić information content (AvgIpc) is 3.36. The van der Waals surface area contributed by atoms with E-state index in [2.05, 4.69) is 15.4 Å². The first-order chi connectivity index (χ1) is 13.6. The number of nitrogens with zero attached hydrogens (tertiary/aromatic N) is 3. The minimum absolute atomic E-state index is 0.0311. The lowest BCUT2D eigenvalue weighted by Gasteiger charge is -2.60. The van der Waals surface area contributed by atoms with Gasteiger partial charge in [0.15, 0.2) is 11.5 Å². The zero-order chi connectivity index (χ0) is 18.8. The quantitative estimate of drug-likeness (QED) is 0.882. The summed E-state index contributed by atoms with van der Waals surface area (Å²) >= 11 is 0. The summed E-state index contributed by atoms with van der Waals surface area (Å²) < 4.78 is 12.9. The van der Waals surface area contributed by atoms with Gasteiger partial charge in [0.1, 0.15) is 12.7 Å². The Hall–Kier alpha value is -2.57. The Morgan fingerprint density at radius 3 is 2.79 bits per heavy atom. The van der Waals surface area contributed by atoms with E-state index in [1.54, 1.807) is 6.33 Å². The lowest BCUT2D eigenvalue weighted by Crippen LogP contribution is -2.60. The SMILES string of the molecule is O=C(NCc1ccc2c(c1)OCO2)C12C[C@H]3C[C@@H](C1)CC(n1cncn1)(C3)C2. The van der Waals surface area contributed by atoms with Gasteiger partial charge in [-0.05, 0) is 68.1 Å². The summed E-state index contributed by atoms with van der Waals surface area (Å²) in [5.74, 6) is 2.95. The van der Waals surface area contributed by atoms with Crippen molar-refractivity contribution in [2.24, 2.45) is 17.3 Å². The first-order valence-electron chi connectivity index (χ1n) is 10.2. The molecule has 1 N–H and O–H groups in total. The summed E-state index contributed by atoms with van der Waals surface area (Å²) in [5, 5.41) is 7.70. The highest BCUT2D eigenvalue weighted by Crippen LogP contribution is 2.64. The third kappa shape index (κ3) is 2.38. The first kappa shape index (κ1) is 16.4. The number of carbonyl (C=O) groups excluding carboxylic acids is 1. The monoisotopic (exact) mass is 380 g/mol. The highest BCUT2D eigenvalue weighted by molar-refractivity contribution is 5.83. The Morgan fingerprint density at radius 2 is 2.00 bits per heavy atom. The Labute approximate surface area is 163 Å². The van der Waals surface area contributed by atoms with Crippen LogP contribution >= 0.6 is 0 Å². The number of aromatic nitrogens is 3. The number of fused-ring (bicyclic) bond motifs is 1. The molecule has 4 atom stereocenters. The van der Waals surface area contributed by atoms with Crippen molar-refractivity contribution < 1.29 is 14.3 Å². The molecule has 0 spiro atoms. The van der Waals surface area contributed by atoms with Gasteiger partial charge < -0.3 is 14.8 Å². The molecular weight excluding hydrogens is 356 g/mol. The topological polar surface area (TPSA) is 78.3 Å². The van der Waals surface area contributed by atoms with Crippen molar-refractivity contribution in [3.63, 3.8) is 0 Å². The molecule has 0 saturated heterocycles. The van der Waals surface area contributed by atoms with E-state index in [-0.39, 0.29) is 23.7 Å². The van der Waals surface area contributed by atoms with E-state index in [1.165, 1.54) is 6.42 Å². The zero-order valence-corrected chi connectivity index (χ0v) is 15.8. The molecule has 1 amide bonds. The fourth-order valence-corrected chi connectivity index (χ4v) is 6.62. The van der Waals surface area contributed by atoms with Crippen molar-refractivity contribution in [1.29, 1.82) is 0 Å². The number of ether oxygens (including phenoxy) is 2. The maximum atomic E-state index is 13.4. The number of hydrogen-bond acceptors (Lipinski definition) is 5. The van der Waals surface area contributed by atoms with Crippen LogP contribution in [0.5, 0.6) is 11.5 Å². The number of amides is 1. The van der Waals surface area contributed by atoms with Gasteiger partial charge in [0.25, 0.3) is 0 Å². The molecule has 0 radical (unpaired) electrons. The summed E-state index contributed by atoms with van der Waals surface area (Å²) in [4.78, 5) is 17.6. The highest BCUT2D eigenvalue weighted by atomic mass is 16.7. The molecule has 2 aromatic rings. The van der Waals surface area contributed by atoms with Gasteiger partial charge >= 0.3 is 0 Å². The number of carbonyl (C=O) groups is 1. The van der Waals surface area contributed by atoms with Crippen molar-refractivity contribution in [3.8, 4) is 11.5 Å². The summed E-state index contributed by atoms with van der Waals surface area (Å²) in [6.07, 6.45) is 9.86. The lowest BCUT2D eigenvalue weighted by molar-refractivity contribution is -0.156. The summed E-state index contributed by atoms with van der Waals surface area (Å²) in [7, 11) is 0. The molecule has 7 nitrogen and oxygen atoms in total. The molecule has 4 aliphatic carbocycles. The fourth-order valence-electron chi connectivity index (χ4n) is 6.62. The molecule has 5 aliphatic rings. The van der Waals surface area contributed by atoms with Crippen molar-refractivity contribution in [3.05, 3.63) is 36.4 Å². The Kier molecular flexibility index (Phi) is 3.35. The van der Waals surface area contributed by atoms with Gasteiger partial charge in [-0.2, -0.15) is 5.10 Å². The molecule has 146 valence electrons. The van der Waals surface area contributed by atoms with E-state index in [0.717, 1.165) is 49.2 Å². The molecule has 1 aromatic carbocycles. The van der Waals surface area contributed by atoms with Crippen LogP contribution in [0.3, 0.4) is 0 Å². The van der Waals surface area contributed by atoms with E-state index in [9.17, 15) is 4.79 Å². The summed E-state index contributed by atoms with van der Waals surface area (Å²) in [5.41, 5.74) is 0.733. The molecule has 7 heteroatoms. The normalized spacial score (nSPS) is 34.6. The van der Waals surface area contributed by atoms with E-state index in [0.29, 0.717) is 18.4 Å². The Balaban J connectivity index is 1.23. The van der Waals surface area contributed by atoms with Gasteiger partial charge in [0, 0.05) is 6.54 Å². The molecule has 7 rings (SSSR count). The van der Waals surface area contributed by atoms with E-state index in [1.807, 2.05) is 29.2 Å². The summed E-state index contributed by atoms with van der Waals surface area (Å²) in [6, 6.07) is 5.86. The lowest BCUT2D eigenvalue weighted by atomic mass is 9.46. The summed E-state index contributed by atoms with van der Waals surface area (Å²) in [6.45, 7) is 0.782.